The summed E-state index contributed by atoms with van der Waals surface area (Å²) in [6, 6.07) is 19.8. The van der Waals surface area contributed by atoms with E-state index < -0.39 is 10.0 Å². The van der Waals surface area contributed by atoms with Crippen LogP contribution in [0.25, 0.3) is 10.2 Å². The SMILES string of the molecule is Cc1cc(C)c2nc(N(Cc3ccco3)C(=O)c3ccc(NS(=O)(=O)c4ccc(Cl)cc4)cc3)sc2c1. The van der Waals surface area contributed by atoms with E-state index in [1.165, 1.54) is 35.6 Å². The Hall–Kier alpha value is -3.66. The lowest BCUT2D eigenvalue weighted by Crippen LogP contribution is -2.30. The number of aromatic nitrogens is 1. The fourth-order valence-corrected chi connectivity index (χ4v) is 6.25. The van der Waals surface area contributed by atoms with Gasteiger partial charge >= 0.3 is 0 Å². The molecule has 7 nitrogen and oxygen atoms in total. The highest BCUT2D eigenvalue weighted by Gasteiger charge is 2.24. The first kappa shape index (κ1) is 25.0. The van der Waals surface area contributed by atoms with Crippen molar-refractivity contribution in [2.45, 2.75) is 25.3 Å². The van der Waals surface area contributed by atoms with Crippen LogP contribution in [0, 0.1) is 13.8 Å². The number of aryl methyl sites for hydroxylation is 2. The summed E-state index contributed by atoms with van der Waals surface area (Å²) in [4.78, 5) is 20.1. The number of anilines is 2. The Kier molecular flexibility index (Phi) is 6.76. The second-order valence-corrected chi connectivity index (χ2v) is 11.7. The van der Waals surface area contributed by atoms with Gasteiger partial charge in [0.25, 0.3) is 15.9 Å². The molecule has 10 heteroatoms. The number of halogens is 1. The van der Waals surface area contributed by atoms with E-state index in [-0.39, 0.29) is 17.3 Å². The maximum absolute atomic E-state index is 13.6. The Balaban J connectivity index is 1.43. The lowest BCUT2D eigenvalue weighted by Gasteiger charge is -2.19. The highest BCUT2D eigenvalue weighted by molar-refractivity contribution is 7.92. The fourth-order valence-electron chi connectivity index (χ4n) is 3.92. The average molecular weight is 552 g/mol. The molecule has 0 fully saturated rings. The molecule has 188 valence electrons. The molecular formula is C27H22ClN3O4S2. The van der Waals surface area contributed by atoms with Gasteiger partial charge in [0.05, 0.1) is 27.9 Å². The number of benzene rings is 3. The van der Waals surface area contributed by atoms with Crippen molar-refractivity contribution >= 4 is 59.9 Å². The zero-order chi connectivity index (χ0) is 26.2. The van der Waals surface area contributed by atoms with Crippen LogP contribution in [0.1, 0.15) is 27.2 Å². The van der Waals surface area contributed by atoms with Crippen LogP contribution < -0.4 is 9.62 Å². The second-order valence-electron chi connectivity index (χ2n) is 8.53. The van der Waals surface area contributed by atoms with Crippen molar-refractivity contribution < 1.29 is 17.6 Å². The summed E-state index contributed by atoms with van der Waals surface area (Å²) in [5.41, 5.74) is 3.74. The monoisotopic (exact) mass is 551 g/mol. The van der Waals surface area contributed by atoms with Crippen molar-refractivity contribution in [3.05, 3.63) is 107 Å². The van der Waals surface area contributed by atoms with Gasteiger partial charge in [0.2, 0.25) is 0 Å². The predicted octanol–water partition coefficient (Wildman–Crippen LogP) is 6.81. The highest BCUT2D eigenvalue weighted by atomic mass is 35.5. The van der Waals surface area contributed by atoms with Gasteiger partial charge in [-0.15, -0.1) is 0 Å². The van der Waals surface area contributed by atoms with Crippen LogP contribution in [-0.4, -0.2) is 19.3 Å². The zero-order valence-electron chi connectivity index (χ0n) is 19.9. The Morgan fingerprint density at radius 1 is 1.05 bits per heavy atom. The van der Waals surface area contributed by atoms with Gasteiger partial charge in [-0.25, -0.2) is 13.4 Å². The molecule has 3 aromatic carbocycles. The van der Waals surface area contributed by atoms with Gasteiger partial charge in [-0.3, -0.25) is 14.4 Å². The first-order chi connectivity index (χ1) is 17.7. The minimum absolute atomic E-state index is 0.0862. The summed E-state index contributed by atoms with van der Waals surface area (Å²) in [6.45, 7) is 4.23. The van der Waals surface area contributed by atoms with E-state index in [0.29, 0.717) is 27.2 Å². The molecule has 5 aromatic rings. The van der Waals surface area contributed by atoms with Crippen LogP contribution in [0.5, 0.6) is 0 Å². The van der Waals surface area contributed by atoms with E-state index in [0.717, 1.165) is 21.3 Å². The molecule has 2 aromatic heterocycles. The van der Waals surface area contributed by atoms with E-state index >= 15 is 0 Å². The molecule has 0 aliphatic carbocycles. The standard InChI is InChI=1S/C27H22ClN3O4S2/c1-17-14-18(2)25-24(15-17)36-27(29-25)31(16-22-4-3-13-35-22)26(32)19-5-9-21(10-6-19)30-37(33,34)23-11-7-20(28)8-12-23/h3-15,30H,16H2,1-2H3. The Morgan fingerprint density at radius 3 is 2.46 bits per heavy atom. The number of amides is 1. The summed E-state index contributed by atoms with van der Waals surface area (Å²) in [5.74, 6) is 0.338. The van der Waals surface area contributed by atoms with Crippen molar-refractivity contribution in [2.75, 3.05) is 9.62 Å². The van der Waals surface area contributed by atoms with E-state index in [1.807, 2.05) is 13.8 Å². The van der Waals surface area contributed by atoms with Crippen LogP contribution in [-0.2, 0) is 16.6 Å². The van der Waals surface area contributed by atoms with Crippen LogP contribution in [0.15, 0.2) is 88.4 Å². The van der Waals surface area contributed by atoms with Crippen LogP contribution in [0.2, 0.25) is 5.02 Å². The van der Waals surface area contributed by atoms with E-state index in [1.54, 1.807) is 47.6 Å². The van der Waals surface area contributed by atoms with Gasteiger partial charge < -0.3 is 4.42 Å². The number of nitrogens with zero attached hydrogens (tertiary/aromatic N) is 2. The smallest absolute Gasteiger partial charge is 0.261 e. The molecule has 0 radical (unpaired) electrons. The molecule has 0 bridgehead atoms. The third-order valence-corrected chi connectivity index (χ3v) is 8.37. The molecule has 5 rings (SSSR count). The summed E-state index contributed by atoms with van der Waals surface area (Å²) < 4.78 is 34.4. The minimum Gasteiger partial charge on any atom is -0.467 e. The van der Waals surface area contributed by atoms with Crippen LogP contribution in [0.3, 0.4) is 0 Å². The van der Waals surface area contributed by atoms with Gasteiger partial charge in [0, 0.05) is 16.3 Å². The number of furan rings is 1. The first-order valence-electron chi connectivity index (χ1n) is 11.3. The van der Waals surface area contributed by atoms with E-state index in [9.17, 15) is 13.2 Å². The molecule has 0 saturated heterocycles. The number of carbonyl (C=O) groups excluding carboxylic acids is 1. The van der Waals surface area contributed by atoms with Gasteiger partial charge in [-0.1, -0.05) is 29.0 Å². The van der Waals surface area contributed by atoms with Crippen LogP contribution in [0.4, 0.5) is 10.8 Å². The number of fused-ring (bicyclic) bond motifs is 1. The highest BCUT2D eigenvalue weighted by Crippen LogP contribution is 2.33. The van der Waals surface area contributed by atoms with Crippen molar-refractivity contribution in [1.29, 1.82) is 0 Å². The molecule has 37 heavy (non-hydrogen) atoms. The summed E-state index contributed by atoms with van der Waals surface area (Å²) in [6.07, 6.45) is 1.56. The number of hydrogen-bond donors (Lipinski definition) is 1. The average Bonchev–Trinajstić information content (AvgIpc) is 3.53. The number of nitrogens with one attached hydrogen (secondary N) is 1. The fraction of sp³-hybridized carbons (Fsp3) is 0.111. The molecule has 1 N–H and O–H groups in total. The number of rotatable bonds is 7. The van der Waals surface area contributed by atoms with Gasteiger partial charge in [0.1, 0.15) is 5.76 Å². The first-order valence-corrected chi connectivity index (χ1v) is 14.0. The summed E-state index contributed by atoms with van der Waals surface area (Å²) in [7, 11) is -3.80. The molecule has 0 unspecified atom stereocenters. The molecular weight excluding hydrogens is 530 g/mol. The number of carbonyl (C=O) groups is 1. The van der Waals surface area contributed by atoms with Gasteiger partial charge in [0.15, 0.2) is 5.13 Å². The van der Waals surface area contributed by atoms with E-state index in [2.05, 4.69) is 16.9 Å². The third-order valence-electron chi connectivity index (χ3n) is 5.70. The van der Waals surface area contributed by atoms with Crippen molar-refractivity contribution in [3.63, 3.8) is 0 Å². The predicted molar refractivity (Wildman–Crippen MR) is 147 cm³/mol. The molecule has 2 heterocycles. The van der Waals surface area contributed by atoms with Crippen LogP contribution >= 0.6 is 22.9 Å². The minimum atomic E-state index is -3.80. The van der Waals surface area contributed by atoms with Crippen molar-refractivity contribution in [1.82, 2.24) is 4.98 Å². The lowest BCUT2D eigenvalue weighted by molar-refractivity contribution is 0.0983. The van der Waals surface area contributed by atoms with Gasteiger partial charge in [-0.2, -0.15) is 0 Å². The molecule has 0 aliphatic heterocycles. The van der Waals surface area contributed by atoms with Crippen molar-refractivity contribution in [2.24, 2.45) is 0 Å². The molecule has 0 aliphatic rings. The molecule has 0 atom stereocenters. The maximum atomic E-state index is 13.6. The number of thiazole rings is 1. The number of sulfonamides is 1. The normalized spacial score (nSPS) is 11.5. The second kappa shape index (κ2) is 10.0. The van der Waals surface area contributed by atoms with Crippen molar-refractivity contribution in [3.8, 4) is 0 Å². The molecule has 1 amide bonds. The Bertz CT molecular complexity index is 1680. The summed E-state index contributed by atoms with van der Waals surface area (Å²) >= 11 is 7.30. The Morgan fingerprint density at radius 2 is 1.78 bits per heavy atom. The topological polar surface area (TPSA) is 92.5 Å². The maximum Gasteiger partial charge on any atom is 0.261 e. The quantitative estimate of drug-likeness (QED) is 0.240. The Labute approximate surface area is 223 Å². The summed E-state index contributed by atoms with van der Waals surface area (Å²) in [5, 5.41) is 0.997. The van der Waals surface area contributed by atoms with Gasteiger partial charge in [-0.05, 0) is 91.7 Å². The molecule has 0 spiro atoms. The zero-order valence-corrected chi connectivity index (χ0v) is 22.3. The number of hydrogen-bond acceptors (Lipinski definition) is 6. The van der Waals surface area contributed by atoms with E-state index in [4.69, 9.17) is 21.0 Å². The largest absolute Gasteiger partial charge is 0.467 e. The third kappa shape index (κ3) is 5.39. The lowest BCUT2D eigenvalue weighted by atomic mass is 10.1. The molecule has 0 saturated carbocycles.